The quantitative estimate of drug-likeness (QED) is 0.593. The molecule has 0 spiro atoms. The molecule has 5 heteroatoms. The number of nitrogens with one attached hydrogen (secondary N) is 1. The highest BCUT2D eigenvalue weighted by atomic mass is 16.5. The van der Waals surface area contributed by atoms with Crippen molar-refractivity contribution in [3.8, 4) is 11.8 Å². The van der Waals surface area contributed by atoms with Crippen molar-refractivity contribution < 1.29 is 14.3 Å². The van der Waals surface area contributed by atoms with Gasteiger partial charge in [0, 0.05) is 19.7 Å². The fourth-order valence-electron chi connectivity index (χ4n) is 1.30. The first-order valence-corrected chi connectivity index (χ1v) is 5.81. The molecule has 0 bridgehead atoms. The number of hydrogen-bond acceptors (Lipinski definition) is 4. The van der Waals surface area contributed by atoms with E-state index >= 15 is 0 Å². The Bertz CT molecular complexity index is 461. The third kappa shape index (κ3) is 6.24. The first kappa shape index (κ1) is 14.7. The minimum absolute atomic E-state index is 0.0249. The monoisotopic (exact) mass is 260 g/mol. The van der Waals surface area contributed by atoms with Crippen molar-refractivity contribution >= 4 is 12.0 Å². The number of nitriles is 1. The minimum atomic E-state index is -0.165. The normalized spacial score (nSPS) is 10.1. The van der Waals surface area contributed by atoms with Crippen molar-refractivity contribution in [3.63, 3.8) is 0 Å². The molecule has 1 N–H and O–H groups in total. The molecule has 0 atom stereocenters. The van der Waals surface area contributed by atoms with Crippen LogP contribution in [0, 0.1) is 11.3 Å². The summed E-state index contributed by atoms with van der Waals surface area (Å²) in [7, 11) is 1.58. The summed E-state index contributed by atoms with van der Waals surface area (Å²) in [5.41, 5.74) is 0.881. The van der Waals surface area contributed by atoms with E-state index in [1.165, 1.54) is 6.08 Å². The number of amides is 1. The first-order chi connectivity index (χ1) is 9.26. The summed E-state index contributed by atoms with van der Waals surface area (Å²) < 4.78 is 9.95. The summed E-state index contributed by atoms with van der Waals surface area (Å²) in [4.78, 5) is 11.4. The molecule has 0 fully saturated rings. The molecule has 0 heterocycles. The second-order valence-electron chi connectivity index (χ2n) is 3.63. The highest BCUT2D eigenvalue weighted by Gasteiger charge is 1.95. The maximum atomic E-state index is 11.4. The number of carbonyl (C=O) groups excluding carboxylic acids is 1. The summed E-state index contributed by atoms with van der Waals surface area (Å²) in [6.45, 7) is 1.00. The lowest BCUT2D eigenvalue weighted by atomic mass is 10.2. The van der Waals surface area contributed by atoms with Gasteiger partial charge in [-0.25, -0.2) is 0 Å². The fourth-order valence-corrected chi connectivity index (χ4v) is 1.30. The number of benzene rings is 1. The largest absolute Gasteiger partial charge is 0.479 e. The molecule has 0 saturated heterocycles. The molecule has 19 heavy (non-hydrogen) atoms. The maximum Gasteiger partial charge on any atom is 0.244 e. The van der Waals surface area contributed by atoms with Gasteiger partial charge < -0.3 is 14.8 Å². The van der Waals surface area contributed by atoms with Crippen LogP contribution in [0.25, 0.3) is 6.08 Å². The van der Waals surface area contributed by atoms with Crippen LogP contribution >= 0.6 is 0 Å². The molecular formula is C14H16N2O3. The highest BCUT2D eigenvalue weighted by Crippen LogP contribution is 2.12. The Kier molecular flexibility index (Phi) is 6.77. The van der Waals surface area contributed by atoms with Crippen LogP contribution in [0.5, 0.6) is 5.75 Å². The van der Waals surface area contributed by atoms with Crippen LogP contribution in [-0.2, 0) is 9.53 Å². The molecule has 0 saturated carbocycles. The van der Waals surface area contributed by atoms with Crippen LogP contribution in [0.15, 0.2) is 30.3 Å². The molecule has 0 aliphatic rings. The molecule has 1 aromatic carbocycles. The van der Waals surface area contributed by atoms with Crippen LogP contribution in [0.3, 0.4) is 0 Å². The van der Waals surface area contributed by atoms with Gasteiger partial charge in [-0.3, -0.25) is 4.79 Å². The predicted octanol–water partition coefficient (Wildman–Crippen LogP) is 1.36. The van der Waals surface area contributed by atoms with Gasteiger partial charge in [0.1, 0.15) is 11.8 Å². The van der Waals surface area contributed by atoms with Gasteiger partial charge >= 0.3 is 0 Å². The van der Waals surface area contributed by atoms with Gasteiger partial charge in [-0.1, -0.05) is 12.1 Å². The fraction of sp³-hybridized carbons (Fsp3) is 0.286. The first-order valence-electron chi connectivity index (χ1n) is 5.81. The van der Waals surface area contributed by atoms with Gasteiger partial charge in [0.05, 0.1) is 6.61 Å². The van der Waals surface area contributed by atoms with E-state index in [1.807, 2.05) is 18.2 Å². The zero-order chi connectivity index (χ0) is 13.9. The van der Waals surface area contributed by atoms with Crippen molar-refractivity contribution in [2.75, 3.05) is 26.9 Å². The van der Waals surface area contributed by atoms with Crippen LogP contribution in [-0.4, -0.2) is 32.8 Å². The van der Waals surface area contributed by atoms with E-state index in [9.17, 15) is 4.79 Å². The van der Waals surface area contributed by atoms with E-state index < -0.39 is 0 Å². The van der Waals surface area contributed by atoms with E-state index in [2.05, 4.69) is 5.32 Å². The standard InChI is InChI=1S/C14H16N2O3/c1-18-11-9-16-14(17)7-4-12-2-5-13(6-3-12)19-10-8-15/h2-7H,9-11H2,1H3,(H,16,17)/b7-4+. The Labute approximate surface area is 112 Å². The summed E-state index contributed by atoms with van der Waals surface area (Å²) in [6.07, 6.45) is 3.16. The van der Waals surface area contributed by atoms with Gasteiger partial charge in [0.2, 0.25) is 5.91 Å². The van der Waals surface area contributed by atoms with Gasteiger partial charge in [0.15, 0.2) is 6.61 Å². The summed E-state index contributed by atoms with van der Waals surface area (Å²) in [6, 6.07) is 9.02. The van der Waals surface area contributed by atoms with Crippen LogP contribution in [0.1, 0.15) is 5.56 Å². The van der Waals surface area contributed by atoms with E-state index in [4.69, 9.17) is 14.7 Å². The van der Waals surface area contributed by atoms with E-state index in [1.54, 1.807) is 25.3 Å². The smallest absolute Gasteiger partial charge is 0.244 e. The SMILES string of the molecule is COCCNC(=O)/C=C/c1ccc(OCC#N)cc1. The van der Waals surface area contributed by atoms with Crippen molar-refractivity contribution in [2.24, 2.45) is 0 Å². The molecule has 1 aromatic rings. The molecule has 1 amide bonds. The Hall–Kier alpha value is -2.32. The van der Waals surface area contributed by atoms with Crippen LogP contribution in [0.4, 0.5) is 0 Å². The van der Waals surface area contributed by atoms with Crippen molar-refractivity contribution in [1.29, 1.82) is 5.26 Å². The van der Waals surface area contributed by atoms with E-state index in [-0.39, 0.29) is 12.5 Å². The van der Waals surface area contributed by atoms with Gasteiger partial charge in [-0.05, 0) is 23.8 Å². The summed E-state index contributed by atoms with van der Waals surface area (Å²) >= 11 is 0. The van der Waals surface area contributed by atoms with Gasteiger partial charge in [-0.2, -0.15) is 5.26 Å². The molecule has 0 aliphatic heterocycles. The zero-order valence-corrected chi connectivity index (χ0v) is 10.8. The average molecular weight is 260 g/mol. The van der Waals surface area contributed by atoms with Gasteiger partial charge in [-0.15, -0.1) is 0 Å². The molecule has 0 aliphatic carbocycles. The molecular weight excluding hydrogens is 244 g/mol. The Morgan fingerprint density at radius 1 is 1.42 bits per heavy atom. The second-order valence-corrected chi connectivity index (χ2v) is 3.63. The molecule has 5 nitrogen and oxygen atoms in total. The molecule has 0 radical (unpaired) electrons. The van der Waals surface area contributed by atoms with Crippen molar-refractivity contribution in [2.45, 2.75) is 0 Å². The summed E-state index contributed by atoms with van der Waals surface area (Å²) in [5.74, 6) is 0.463. The number of rotatable bonds is 7. The number of nitrogens with zero attached hydrogens (tertiary/aromatic N) is 1. The average Bonchev–Trinajstić information content (AvgIpc) is 2.44. The topological polar surface area (TPSA) is 71.3 Å². The maximum absolute atomic E-state index is 11.4. The van der Waals surface area contributed by atoms with Crippen LogP contribution < -0.4 is 10.1 Å². The lowest BCUT2D eigenvalue weighted by Gasteiger charge is -2.02. The minimum Gasteiger partial charge on any atom is -0.479 e. The number of ether oxygens (including phenoxy) is 2. The van der Waals surface area contributed by atoms with Crippen molar-refractivity contribution in [3.05, 3.63) is 35.9 Å². The number of methoxy groups -OCH3 is 1. The molecule has 0 unspecified atom stereocenters. The van der Waals surface area contributed by atoms with E-state index in [0.717, 1.165) is 5.56 Å². The molecule has 100 valence electrons. The highest BCUT2D eigenvalue weighted by molar-refractivity contribution is 5.91. The Morgan fingerprint density at radius 2 is 2.16 bits per heavy atom. The molecule has 1 rings (SSSR count). The predicted molar refractivity (Wildman–Crippen MR) is 71.5 cm³/mol. The van der Waals surface area contributed by atoms with E-state index in [0.29, 0.717) is 18.9 Å². The lowest BCUT2D eigenvalue weighted by molar-refractivity contribution is -0.116. The number of carbonyl (C=O) groups is 1. The summed E-state index contributed by atoms with van der Waals surface area (Å²) in [5, 5.41) is 11.1. The van der Waals surface area contributed by atoms with Crippen molar-refractivity contribution in [1.82, 2.24) is 5.32 Å². The Morgan fingerprint density at radius 3 is 2.79 bits per heavy atom. The second kappa shape index (κ2) is 8.72. The Balaban J connectivity index is 2.44. The zero-order valence-electron chi connectivity index (χ0n) is 10.8. The third-order valence-electron chi connectivity index (χ3n) is 2.22. The number of hydrogen-bond donors (Lipinski definition) is 1. The lowest BCUT2D eigenvalue weighted by Crippen LogP contribution is -2.24. The molecule has 0 aromatic heterocycles. The van der Waals surface area contributed by atoms with Crippen LogP contribution in [0.2, 0.25) is 0 Å². The van der Waals surface area contributed by atoms with Gasteiger partial charge in [0.25, 0.3) is 0 Å². The third-order valence-corrected chi connectivity index (χ3v) is 2.22.